The van der Waals surface area contributed by atoms with Crippen molar-refractivity contribution in [3.8, 4) is 0 Å². The molecule has 0 amide bonds. The van der Waals surface area contributed by atoms with Crippen LogP contribution in [0, 0.1) is 6.92 Å². The van der Waals surface area contributed by atoms with E-state index in [2.05, 4.69) is 15.0 Å². The summed E-state index contributed by atoms with van der Waals surface area (Å²) < 4.78 is 20.8. The predicted molar refractivity (Wildman–Crippen MR) is 66.4 cm³/mol. The Labute approximate surface area is 113 Å². The number of nitrogens with zero attached hydrogens (tertiary/aromatic N) is 4. The summed E-state index contributed by atoms with van der Waals surface area (Å²) in [5.41, 5.74) is 6.40. The van der Waals surface area contributed by atoms with Gasteiger partial charge in [-0.3, -0.25) is 4.57 Å². The molecule has 0 aromatic carbocycles. The minimum atomic E-state index is -1.69. The van der Waals surface area contributed by atoms with E-state index in [0.29, 0.717) is 17.0 Å². The van der Waals surface area contributed by atoms with Gasteiger partial charge in [0.2, 0.25) is 0 Å². The molecule has 0 aliphatic carbocycles. The lowest BCUT2D eigenvalue weighted by Crippen LogP contribution is -2.30. The van der Waals surface area contributed by atoms with Crippen LogP contribution < -0.4 is 5.73 Å². The van der Waals surface area contributed by atoms with Crippen LogP contribution >= 0.6 is 0 Å². The quantitative estimate of drug-likeness (QED) is 0.667. The first-order chi connectivity index (χ1) is 9.52. The number of ether oxygens (including phenoxy) is 1. The van der Waals surface area contributed by atoms with Gasteiger partial charge < -0.3 is 20.7 Å². The highest BCUT2D eigenvalue weighted by Crippen LogP contribution is 2.33. The van der Waals surface area contributed by atoms with E-state index < -0.39 is 31.2 Å². The number of imidazole rings is 1. The first-order valence-corrected chi connectivity index (χ1v) is 6.08. The molecule has 2 aromatic heterocycles. The number of aryl methyl sites for hydroxylation is 1. The van der Waals surface area contributed by atoms with Gasteiger partial charge in [0, 0.05) is 0 Å². The third kappa shape index (κ3) is 1.82. The third-order valence-corrected chi connectivity index (χ3v) is 3.31. The number of nitrogen functional groups attached to an aromatic ring is 1. The summed E-state index contributed by atoms with van der Waals surface area (Å²) in [5, 5.41) is 18.7. The van der Waals surface area contributed by atoms with Gasteiger partial charge in [-0.15, -0.1) is 0 Å². The van der Waals surface area contributed by atoms with Crippen molar-refractivity contribution >= 4 is 17.0 Å². The van der Waals surface area contributed by atoms with Crippen LogP contribution in [0.3, 0.4) is 0 Å². The fourth-order valence-corrected chi connectivity index (χ4v) is 2.32. The van der Waals surface area contributed by atoms with Gasteiger partial charge in [-0.1, -0.05) is 0 Å². The molecule has 1 saturated heterocycles. The molecule has 4 unspecified atom stereocenters. The zero-order chi connectivity index (χ0) is 14.4. The van der Waals surface area contributed by atoms with E-state index in [1.807, 2.05) is 0 Å². The molecular formula is C11H14FN5O3. The lowest BCUT2D eigenvalue weighted by Gasteiger charge is -2.15. The molecule has 0 bridgehead atoms. The summed E-state index contributed by atoms with van der Waals surface area (Å²) in [6.07, 6.45) is -3.85. The van der Waals surface area contributed by atoms with Crippen LogP contribution in [-0.4, -0.2) is 54.7 Å². The summed E-state index contributed by atoms with van der Waals surface area (Å²) >= 11 is 0. The standard InChI is InChI=1S/C11H14FN5O3/c1-4-15-9(13)7-10(16-4)17(3-14-7)11-6(12)8(19)5(2-18)20-11/h3,5-6,8,11,18-19H,2H2,1H3,(H2,13,15,16). The van der Waals surface area contributed by atoms with Gasteiger partial charge in [0.1, 0.15) is 23.5 Å². The molecule has 4 atom stereocenters. The molecule has 20 heavy (non-hydrogen) atoms. The highest BCUT2D eigenvalue weighted by Gasteiger charge is 2.45. The zero-order valence-corrected chi connectivity index (χ0v) is 10.6. The molecule has 108 valence electrons. The summed E-state index contributed by atoms with van der Waals surface area (Å²) in [5.74, 6) is 0.614. The van der Waals surface area contributed by atoms with E-state index in [0.717, 1.165) is 0 Å². The van der Waals surface area contributed by atoms with Crippen molar-refractivity contribution in [2.75, 3.05) is 12.3 Å². The van der Waals surface area contributed by atoms with Crippen LogP contribution in [0.15, 0.2) is 6.33 Å². The van der Waals surface area contributed by atoms with Gasteiger partial charge in [-0.2, -0.15) is 0 Å². The number of halogens is 1. The molecule has 9 heteroatoms. The van der Waals surface area contributed by atoms with Crippen LogP contribution in [0.2, 0.25) is 0 Å². The summed E-state index contributed by atoms with van der Waals surface area (Å²) in [6, 6.07) is 0. The minimum absolute atomic E-state index is 0.193. The minimum Gasteiger partial charge on any atom is -0.394 e. The van der Waals surface area contributed by atoms with Gasteiger partial charge in [-0.05, 0) is 6.92 Å². The molecule has 3 rings (SSSR count). The molecule has 1 fully saturated rings. The van der Waals surface area contributed by atoms with Crippen molar-refractivity contribution in [3.05, 3.63) is 12.2 Å². The molecule has 3 heterocycles. The zero-order valence-electron chi connectivity index (χ0n) is 10.6. The van der Waals surface area contributed by atoms with Gasteiger partial charge in [0.15, 0.2) is 23.9 Å². The predicted octanol–water partition coefficient (Wildman–Crippen LogP) is -0.694. The molecule has 1 aliphatic heterocycles. The Kier molecular flexibility index (Phi) is 3.04. The second-order valence-electron chi connectivity index (χ2n) is 4.66. The van der Waals surface area contributed by atoms with Crippen molar-refractivity contribution in [2.24, 2.45) is 0 Å². The first kappa shape index (κ1) is 13.2. The van der Waals surface area contributed by atoms with Crippen LogP contribution in [0.4, 0.5) is 10.2 Å². The van der Waals surface area contributed by atoms with Crippen LogP contribution in [0.25, 0.3) is 11.2 Å². The van der Waals surface area contributed by atoms with Crippen molar-refractivity contribution in [3.63, 3.8) is 0 Å². The average molecular weight is 283 g/mol. The number of aromatic nitrogens is 4. The molecule has 0 radical (unpaired) electrons. The van der Waals surface area contributed by atoms with Crippen molar-refractivity contribution in [1.82, 2.24) is 19.5 Å². The highest BCUT2D eigenvalue weighted by molar-refractivity contribution is 5.81. The maximum Gasteiger partial charge on any atom is 0.173 e. The fourth-order valence-electron chi connectivity index (χ4n) is 2.32. The fraction of sp³-hybridized carbons (Fsp3) is 0.545. The molecule has 8 nitrogen and oxygen atoms in total. The lowest BCUT2D eigenvalue weighted by molar-refractivity contribution is -0.0459. The third-order valence-electron chi connectivity index (χ3n) is 3.31. The number of nitrogens with two attached hydrogens (primary N) is 1. The van der Waals surface area contributed by atoms with Crippen molar-refractivity contribution < 1.29 is 19.3 Å². The number of fused-ring (bicyclic) bond motifs is 1. The van der Waals surface area contributed by atoms with E-state index in [1.165, 1.54) is 10.9 Å². The topological polar surface area (TPSA) is 119 Å². The number of aliphatic hydroxyl groups is 2. The van der Waals surface area contributed by atoms with Crippen LogP contribution in [0.1, 0.15) is 12.1 Å². The number of hydrogen-bond donors (Lipinski definition) is 3. The van der Waals surface area contributed by atoms with Crippen LogP contribution in [-0.2, 0) is 4.74 Å². The van der Waals surface area contributed by atoms with E-state index >= 15 is 0 Å². The monoisotopic (exact) mass is 283 g/mol. The number of aliphatic hydroxyl groups excluding tert-OH is 2. The number of anilines is 1. The second kappa shape index (κ2) is 4.62. The average Bonchev–Trinajstić information content (AvgIpc) is 2.93. The Balaban J connectivity index is 2.07. The molecule has 0 saturated carbocycles. The summed E-state index contributed by atoms with van der Waals surface area (Å²) in [6.45, 7) is 1.18. The molecule has 0 spiro atoms. The highest BCUT2D eigenvalue weighted by atomic mass is 19.1. The molecular weight excluding hydrogens is 269 g/mol. The molecule has 4 N–H and O–H groups in total. The summed E-state index contributed by atoms with van der Waals surface area (Å²) in [7, 11) is 0. The number of alkyl halides is 1. The van der Waals surface area contributed by atoms with Gasteiger partial charge in [-0.25, -0.2) is 19.3 Å². The maximum atomic E-state index is 14.1. The van der Waals surface area contributed by atoms with Gasteiger partial charge in [0.05, 0.1) is 12.9 Å². The molecule has 1 aliphatic rings. The van der Waals surface area contributed by atoms with E-state index in [9.17, 15) is 9.50 Å². The summed E-state index contributed by atoms with van der Waals surface area (Å²) in [4.78, 5) is 12.2. The van der Waals surface area contributed by atoms with Crippen molar-refractivity contribution in [1.29, 1.82) is 0 Å². The maximum absolute atomic E-state index is 14.1. The SMILES string of the molecule is Cc1nc(N)c2ncn(C3OC(CO)C(O)C3F)c2n1. The smallest absolute Gasteiger partial charge is 0.173 e. The normalized spacial score (nSPS) is 30.2. The van der Waals surface area contributed by atoms with Gasteiger partial charge in [0.25, 0.3) is 0 Å². The molecule has 2 aromatic rings. The van der Waals surface area contributed by atoms with E-state index in [4.69, 9.17) is 15.6 Å². The number of rotatable bonds is 2. The number of hydrogen-bond acceptors (Lipinski definition) is 7. The van der Waals surface area contributed by atoms with E-state index in [-0.39, 0.29) is 5.82 Å². The Morgan fingerprint density at radius 1 is 1.50 bits per heavy atom. The Bertz CT molecular complexity index is 648. The lowest BCUT2D eigenvalue weighted by atomic mass is 10.1. The Morgan fingerprint density at radius 3 is 2.90 bits per heavy atom. The first-order valence-electron chi connectivity index (χ1n) is 6.08. The Hall–Kier alpha value is -1.84. The largest absolute Gasteiger partial charge is 0.394 e. The van der Waals surface area contributed by atoms with Crippen LogP contribution in [0.5, 0.6) is 0 Å². The van der Waals surface area contributed by atoms with E-state index in [1.54, 1.807) is 6.92 Å². The van der Waals surface area contributed by atoms with Gasteiger partial charge >= 0.3 is 0 Å². The van der Waals surface area contributed by atoms with Crippen molar-refractivity contribution in [2.45, 2.75) is 31.5 Å². The Morgan fingerprint density at radius 2 is 2.25 bits per heavy atom. The second-order valence-corrected chi connectivity index (χ2v) is 4.66.